The van der Waals surface area contributed by atoms with Crippen LogP contribution in [0.1, 0.15) is 24.8 Å². The fourth-order valence-electron chi connectivity index (χ4n) is 3.26. The van der Waals surface area contributed by atoms with Gasteiger partial charge in [-0.1, -0.05) is 18.2 Å². The van der Waals surface area contributed by atoms with E-state index in [1.807, 2.05) is 12.3 Å². The number of pyridine rings is 1. The molecule has 3 rings (SSSR count). The van der Waals surface area contributed by atoms with E-state index >= 15 is 0 Å². The number of rotatable bonds is 5. The zero-order valence-electron chi connectivity index (χ0n) is 12.8. The van der Waals surface area contributed by atoms with E-state index < -0.39 is 0 Å². The van der Waals surface area contributed by atoms with Gasteiger partial charge < -0.3 is 4.74 Å². The van der Waals surface area contributed by atoms with E-state index in [4.69, 9.17) is 4.74 Å². The standard InChI is InChI=1S/C18H24N2O/c1-21-13-9-15-7-11-20(12-8-15)14-16-4-2-6-18-17(16)5-3-10-19-18/h2-6,10,15H,7-9,11-14H2,1H3. The van der Waals surface area contributed by atoms with Crippen LogP contribution in [-0.4, -0.2) is 36.7 Å². The zero-order chi connectivity index (χ0) is 14.5. The predicted molar refractivity (Wildman–Crippen MR) is 86.2 cm³/mol. The number of ether oxygens (including phenoxy) is 1. The smallest absolute Gasteiger partial charge is 0.0705 e. The number of fused-ring (bicyclic) bond motifs is 1. The summed E-state index contributed by atoms with van der Waals surface area (Å²) in [5.74, 6) is 0.843. The van der Waals surface area contributed by atoms with Crippen LogP contribution in [-0.2, 0) is 11.3 Å². The highest BCUT2D eigenvalue weighted by Gasteiger charge is 2.19. The SMILES string of the molecule is COCCC1CCN(Cc2cccc3ncccc23)CC1. The maximum Gasteiger partial charge on any atom is 0.0705 e. The Morgan fingerprint density at radius 1 is 1.19 bits per heavy atom. The first-order valence-electron chi connectivity index (χ1n) is 7.91. The van der Waals surface area contributed by atoms with Gasteiger partial charge in [0.1, 0.15) is 0 Å². The third kappa shape index (κ3) is 3.60. The summed E-state index contributed by atoms with van der Waals surface area (Å²) in [5, 5.41) is 1.29. The third-order valence-corrected chi connectivity index (χ3v) is 4.57. The van der Waals surface area contributed by atoms with Crippen LogP contribution in [0.2, 0.25) is 0 Å². The van der Waals surface area contributed by atoms with Crippen LogP contribution in [0, 0.1) is 5.92 Å². The number of hydrogen-bond donors (Lipinski definition) is 0. The number of aromatic nitrogens is 1. The van der Waals surface area contributed by atoms with Crippen molar-refractivity contribution in [2.24, 2.45) is 5.92 Å². The summed E-state index contributed by atoms with van der Waals surface area (Å²) in [6.07, 6.45) is 5.68. The van der Waals surface area contributed by atoms with Gasteiger partial charge in [-0.15, -0.1) is 0 Å². The molecule has 0 aliphatic carbocycles. The fraction of sp³-hybridized carbons (Fsp3) is 0.500. The van der Waals surface area contributed by atoms with E-state index in [1.54, 1.807) is 7.11 Å². The number of methoxy groups -OCH3 is 1. The average Bonchev–Trinajstić information content (AvgIpc) is 2.55. The Labute approximate surface area is 126 Å². The van der Waals surface area contributed by atoms with E-state index in [1.165, 1.54) is 43.3 Å². The molecule has 0 atom stereocenters. The van der Waals surface area contributed by atoms with E-state index in [0.717, 1.165) is 24.6 Å². The Kier molecular flexibility index (Phi) is 4.84. The first kappa shape index (κ1) is 14.5. The third-order valence-electron chi connectivity index (χ3n) is 4.57. The van der Waals surface area contributed by atoms with Gasteiger partial charge in [0, 0.05) is 31.8 Å². The summed E-state index contributed by atoms with van der Waals surface area (Å²) in [4.78, 5) is 7.02. The number of hydrogen-bond acceptors (Lipinski definition) is 3. The highest BCUT2D eigenvalue weighted by atomic mass is 16.5. The largest absolute Gasteiger partial charge is 0.385 e. The summed E-state index contributed by atoms with van der Waals surface area (Å²) in [6.45, 7) is 4.34. The van der Waals surface area contributed by atoms with Crippen molar-refractivity contribution in [3.8, 4) is 0 Å². The molecule has 0 saturated carbocycles. The summed E-state index contributed by atoms with van der Waals surface area (Å²) < 4.78 is 5.19. The Balaban J connectivity index is 1.62. The van der Waals surface area contributed by atoms with Crippen LogP contribution in [0.15, 0.2) is 36.5 Å². The molecule has 2 heterocycles. The van der Waals surface area contributed by atoms with E-state index in [0.29, 0.717) is 0 Å². The van der Waals surface area contributed by atoms with Crippen molar-refractivity contribution in [2.45, 2.75) is 25.8 Å². The summed E-state index contributed by atoms with van der Waals surface area (Å²) >= 11 is 0. The van der Waals surface area contributed by atoms with E-state index in [-0.39, 0.29) is 0 Å². The molecule has 1 aliphatic heterocycles. The first-order valence-corrected chi connectivity index (χ1v) is 7.91. The van der Waals surface area contributed by atoms with Crippen LogP contribution >= 0.6 is 0 Å². The molecule has 2 aromatic rings. The normalized spacial score (nSPS) is 17.4. The van der Waals surface area contributed by atoms with Crippen molar-refractivity contribution in [3.05, 3.63) is 42.1 Å². The van der Waals surface area contributed by atoms with Crippen molar-refractivity contribution in [2.75, 3.05) is 26.8 Å². The summed E-state index contributed by atoms with van der Waals surface area (Å²) in [5.41, 5.74) is 2.50. The minimum Gasteiger partial charge on any atom is -0.385 e. The Morgan fingerprint density at radius 2 is 2.05 bits per heavy atom. The van der Waals surface area contributed by atoms with Gasteiger partial charge in [-0.05, 0) is 56.0 Å². The minimum atomic E-state index is 0.843. The van der Waals surface area contributed by atoms with Gasteiger partial charge in [-0.25, -0.2) is 0 Å². The zero-order valence-corrected chi connectivity index (χ0v) is 12.8. The minimum absolute atomic E-state index is 0.843. The van der Waals surface area contributed by atoms with Gasteiger partial charge in [0.2, 0.25) is 0 Å². The molecule has 0 N–H and O–H groups in total. The molecule has 0 bridgehead atoms. The lowest BCUT2D eigenvalue weighted by atomic mass is 9.93. The first-order chi connectivity index (χ1) is 10.4. The Morgan fingerprint density at radius 3 is 2.86 bits per heavy atom. The second kappa shape index (κ2) is 7.01. The Hall–Kier alpha value is -1.45. The predicted octanol–water partition coefficient (Wildman–Crippen LogP) is 3.48. The molecule has 21 heavy (non-hydrogen) atoms. The number of piperidine rings is 1. The van der Waals surface area contributed by atoms with Crippen molar-refractivity contribution in [1.82, 2.24) is 9.88 Å². The van der Waals surface area contributed by atoms with Gasteiger partial charge in [0.25, 0.3) is 0 Å². The van der Waals surface area contributed by atoms with Crippen molar-refractivity contribution in [3.63, 3.8) is 0 Å². The van der Waals surface area contributed by atoms with Crippen LogP contribution in [0.3, 0.4) is 0 Å². The maximum absolute atomic E-state index is 5.19. The second-order valence-electron chi connectivity index (χ2n) is 5.99. The molecular weight excluding hydrogens is 260 g/mol. The molecule has 0 spiro atoms. The van der Waals surface area contributed by atoms with E-state index in [9.17, 15) is 0 Å². The molecule has 3 nitrogen and oxygen atoms in total. The van der Waals surface area contributed by atoms with Gasteiger partial charge in [-0.2, -0.15) is 0 Å². The Bertz CT molecular complexity index is 571. The van der Waals surface area contributed by atoms with Crippen LogP contribution < -0.4 is 0 Å². The monoisotopic (exact) mass is 284 g/mol. The van der Waals surface area contributed by atoms with Gasteiger partial charge in [0.05, 0.1) is 5.52 Å². The maximum atomic E-state index is 5.19. The molecule has 1 saturated heterocycles. The van der Waals surface area contributed by atoms with Crippen molar-refractivity contribution in [1.29, 1.82) is 0 Å². The number of likely N-dealkylation sites (tertiary alicyclic amines) is 1. The van der Waals surface area contributed by atoms with Crippen molar-refractivity contribution >= 4 is 10.9 Å². The molecule has 1 fully saturated rings. The molecule has 0 amide bonds. The van der Waals surface area contributed by atoms with Gasteiger partial charge in [0.15, 0.2) is 0 Å². The number of benzene rings is 1. The lowest BCUT2D eigenvalue weighted by Crippen LogP contribution is -2.33. The average molecular weight is 284 g/mol. The molecule has 1 aliphatic rings. The summed E-state index contributed by atoms with van der Waals surface area (Å²) in [7, 11) is 1.80. The lowest BCUT2D eigenvalue weighted by Gasteiger charge is -2.32. The molecule has 112 valence electrons. The summed E-state index contributed by atoms with van der Waals surface area (Å²) in [6, 6.07) is 10.7. The lowest BCUT2D eigenvalue weighted by molar-refractivity contribution is 0.132. The molecule has 0 unspecified atom stereocenters. The van der Waals surface area contributed by atoms with Crippen LogP contribution in [0.4, 0.5) is 0 Å². The quantitative estimate of drug-likeness (QED) is 0.840. The van der Waals surface area contributed by atoms with Gasteiger partial charge >= 0.3 is 0 Å². The molecule has 1 aromatic carbocycles. The topological polar surface area (TPSA) is 25.4 Å². The van der Waals surface area contributed by atoms with Crippen LogP contribution in [0.5, 0.6) is 0 Å². The van der Waals surface area contributed by atoms with Gasteiger partial charge in [-0.3, -0.25) is 9.88 Å². The highest BCUT2D eigenvalue weighted by molar-refractivity contribution is 5.81. The van der Waals surface area contributed by atoms with Crippen LogP contribution in [0.25, 0.3) is 10.9 Å². The molecule has 3 heteroatoms. The number of nitrogens with zero attached hydrogens (tertiary/aromatic N) is 2. The second-order valence-corrected chi connectivity index (χ2v) is 5.99. The molecular formula is C18H24N2O. The van der Waals surface area contributed by atoms with E-state index in [2.05, 4.69) is 34.1 Å². The fourth-order valence-corrected chi connectivity index (χ4v) is 3.26. The molecule has 1 aromatic heterocycles. The highest BCUT2D eigenvalue weighted by Crippen LogP contribution is 2.24. The molecule has 0 radical (unpaired) electrons. The van der Waals surface area contributed by atoms with Crippen molar-refractivity contribution < 1.29 is 4.74 Å².